The van der Waals surface area contributed by atoms with Crippen molar-refractivity contribution < 1.29 is 13.9 Å². The van der Waals surface area contributed by atoms with E-state index in [0.29, 0.717) is 27.7 Å². The molecule has 0 saturated carbocycles. The van der Waals surface area contributed by atoms with Crippen LogP contribution in [-0.4, -0.2) is 13.1 Å². The first-order valence-electron chi connectivity index (χ1n) is 6.18. The molecule has 0 atom stereocenters. The number of carbonyl (C=O) groups excluding carboxylic acids is 1. The first kappa shape index (κ1) is 15.1. The van der Waals surface area contributed by atoms with Gasteiger partial charge in [-0.05, 0) is 37.3 Å². The van der Waals surface area contributed by atoms with E-state index in [2.05, 4.69) is 10.6 Å². The highest BCUT2D eigenvalue weighted by atomic mass is 35.5. The minimum Gasteiger partial charge on any atom is -0.495 e. The summed E-state index contributed by atoms with van der Waals surface area (Å²) in [4.78, 5) is 12.0. The fourth-order valence-corrected chi connectivity index (χ4v) is 1.97. The molecule has 2 N–H and O–H groups in total. The molecule has 0 unspecified atom stereocenters. The number of halogens is 2. The first-order valence-corrected chi connectivity index (χ1v) is 6.55. The van der Waals surface area contributed by atoms with E-state index in [1.54, 1.807) is 31.2 Å². The predicted molar refractivity (Wildman–Crippen MR) is 81.8 cm³/mol. The number of hydrogen-bond donors (Lipinski definition) is 2. The Morgan fingerprint density at radius 2 is 1.90 bits per heavy atom. The number of hydrogen-bond acceptors (Lipinski definition) is 2. The number of urea groups is 1. The molecule has 0 saturated heterocycles. The maximum Gasteiger partial charge on any atom is 0.323 e. The number of carbonyl (C=O) groups is 1. The van der Waals surface area contributed by atoms with Crippen LogP contribution < -0.4 is 15.4 Å². The zero-order valence-electron chi connectivity index (χ0n) is 11.5. The van der Waals surface area contributed by atoms with Gasteiger partial charge in [0.2, 0.25) is 0 Å². The summed E-state index contributed by atoms with van der Waals surface area (Å²) in [6.45, 7) is 1.59. The smallest absolute Gasteiger partial charge is 0.323 e. The zero-order chi connectivity index (χ0) is 15.4. The van der Waals surface area contributed by atoms with E-state index >= 15 is 0 Å². The van der Waals surface area contributed by atoms with Crippen molar-refractivity contribution in [3.05, 3.63) is 52.8 Å². The van der Waals surface area contributed by atoms with E-state index in [0.717, 1.165) is 0 Å². The van der Waals surface area contributed by atoms with E-state index in [9.17, 15) is 9.18 Å². The van der Waals surface area contributed by atoms with Crippen molar-refractivity contribution in [2.45, 2.75) is 6.92 Å². The fourth-order valence-electron chi connectivity index (χ4n) is 1.80. The van der Waals surface area contributed by atoms with Crippen LogP contribution in [0.25, 0.3) is 0 Å². The van der Waals surface area contributed by atoms with Crippen molar-refractivity contribution in [3.8, 4) is 5.75 Å². The van der Waals surface area contributed by atoms with Gasteiger partial charge in [-0.3, -0.25) is 0 Å². The third kappa shape index (κ3) is 3.64. The average molecular weight is 309 g/mol. The second-order valence-corrected chi connectivity index (χ2v) is 4.77. The molecular weight excluding hydrogens is 295 g/mol. The Labute approximate surface area is 126 Å². The van der Waals surface area contributed by atoms with Gasteiger partial charge in [-0.15, -0.1) is 0 Å². The number of amides is 2. The zero-order valence-corrected chi connectivity index (χ0v) is 12.3. The normalized spacial score (nSPS) is 10.1. The average Bonchev–Trinajstić information content (AvgIpc) is 2.44. The highest BCUT2D eigenvalue weighted by molar-refractivity contribution is 6.31. The number of anilines is 2. The minimum atomic E-state index is -0.510. The van der Waals surface area contributed by atoms with Gasteiger partial charge in [0.05, 0.1) is 12.8 Å². The first-order chi connectivity index (χ1) is 10.0. The van der Waals surface area contributed by atoms with Gasteiger partial charge in [-0.25, -0.2) is 9.18 Å². The van der Waals surface area contributed by atoms with Gasteiger partial charge in [0.1, 0.15) is 11.6 Å². The Balaban J connectivity index is 2.15. The van der Waals surface area contributed by atoms with Crippen molar-refractivity contribution in [3.63, 3.8) is 0 Å². The fraction of sp³-hybridized carbons (Fsp3) is 0.133. The molecule has 0 spiro atoms. The van der Waals surface area contributed by atoms with E-state index in [-0.39, 0.29) is 5.82 Å². The van der Waals surface area contributed by atoms with E-state index in [4.69, 9.17) is 16.3 Å². The van der Waals surface area contributed by atoms with Crippen molar-refractivity contribution >= 4 is 29.0 Å². The molecule has 0 aromatic heterocycles. The summed E-state index contributed by atoms with van der Waals surface area (Å²) >= 11 is 5.89. The second kappa shape index (κ2) is 6.45. The van der Waals surface area contributed by atoms with Crippen LogP contribution in [0.4, 0.5) is 20.6 Å². The standard InChI is InChI=1S/C15H14ClFN2O2/c1-9-11(17)4-3-5-12(9)18-15(20)19-13-8-10(16)6-7-14(13)21-2/h3-8H,1-2H3,(H2,18,19,20). The van der Waals surface area contributed by atoms with Gasteiger partial charge in [-0.2, -0.15) is 0 Å². The molecule has 2 amide bonds. The molecule has 2 rings (SSSR count). The molecule has 6 heteroatoms. The summed E-state index contributed by atoms with van der Waals surface area (Å²) in [5.41, 5.74) is 1.19. The lowest BCUT2D eigenvalue weighted by molar-refractivity contribution is 0.262. The molecule has 2 aromatic carbocycles. The monoisotopic (exact) mass is 308 g/mol. The van der Waals surface area contributed by atoms with Crippen molar-refractivity contribution in [1.82, 2.24) is 0 Å². The Morgan fingerprint density at radius 3 is 2.62 bits per heavy atom. The predicted octanol–water partition coefficient (Wildman–Crippen LogP) is 4.44. The minimum absolute atomic E-state index is 0.366. The number of nitrogens with one attached hydrogen (secondary N) is 2. The molecule has 0 aliphatic rings. The number of methoxy groups -OCH3 is 1. The topological polar surface area (TPSA) is 50.4 Å². The summed E-state index contributed by atoms with van der Waals surface area (Å²) < 4.78 is 18.6. The van der Waals surface area contributed by atoms with Crippen LogP contribution in [0.2, 0.25) is 5.02 Å². The lowest BCUT2D eigenvalue weighted by Crippen LogP contribution is -2.20. The lowest BCUT2D eigenvalue weighted by Gasteiger charge is -2.13. The molecular formula is C15H14ClFN2O2. The summed E-state index contributed by atoms with van der Waals surface area (Å²) in [5, 5.41) is 5.66. The third-order valence-corrected chi connectivity index (χ3v) is 3.16. The molecule has 0 aliphatic carbocycles. The van der Waals surface area contributed by atoms with Crippen molar-refractivity contribution in [1.29, 1.82) is 0 Å². The summed E-state index contributed by atoms with van der Waals surface area (Å²) in [6, 6.07) is 8.83. The Bertz CT molecular complexity index is 677. The molecule has 110 valence electrons. The van der Waals surface area contributed by atoms with Crippen molar-refractivity contribution in [2.24, 2.45) is 0 Å². The highest BCUT2D eigenvalue weighted by Crippen LogP contribution is 2.28. The Morgan fingerprint density at radius 1 is 1.19 bits per heavy atom. The van der Waals surface area contributed by atoms with Crippen LogP contribution in [0.1, 0.15) is 5.56 Å². The SMILES string of the molecule is COc1ccc(Cl)cc1NC(=O)Nc1cccc(F)c1C. The van der Waals surface area contributed by atoms with Crippen molar-refractivity contribution in [2.75, 3.05) is 17.7 Å². The van der Waals surface area contributed by atoms with E-state index in [1.807, 2.05) is 0 Å². The molecule has 0 bridgehead atoms. The second-order valence-electron chi connectivity index (χ2n) is 4.34. The number of rotatable bonds is 3. The molecule has 0 fully saturated rings. The van der Waals surface area contributed by atoms with Crippen LogP contribution in [0, 0.1) is 12.7 Å². The summed E-state index contributed by atoms with van der Waals surface area (Å²) in [7, 11) is 1.49. The molecule has 21 heavy (non-hydrogen) atoms. The molecule has 0 heterocycles. The molecule has 2 aromatic rings. The third-order valence-electron chi connectivity index (χ3n) is 2.93. The Hall–Kier alpha value is -2.27. The van der Waals surface area contributed by atoms with Gasteiger partial charge in [0.15, 0.2) is 0 Å². The molecule has 4 nitrogen and oxygen atoms in total. The van der Waals surface area contributed by atoms with E-state index < -0.39 is 6.03 Å². The molecule has 0 radical (unpaired) electrons. The van der Waals surface area contributed by atoms with Gasteiger partial charge in [0.25, 0.3) is 0 Å². The maximum atomic E-state index is 13.4. The highest BCUT2D eigenvalue weighted by Gasteiger charge is 2.10. The number of benzene rings is 2. The van der Waals surface area contributed by atoms with Crippen LogP contribution in [0.15, 0.2) is 36.4 Å². The van der Waals surface area contributed by atoms with Crippen LogP contribution in [0.5, 0.6) is 5.75 Å². The van der Waals surface area contributed by atoms with Gasteiger partial charge in [-0.1, -0.05) is 17.7 Å². The van der Waals surface area contributed by atoms with E-state index in [1.165, 1.54) is 19.2 Å². The van der Waals surface area contributed by atoms with Gasteiger partial charge < -0.3 is 15.4 Å². The quantitative estimate of drug-likeness (QED) is 0.880. The van der Waals surface area contributed by atoms with Crippen LogP contribution >= 0.6 is 11.6 Å². The van der Waals surface area contributed by atoms with Gasteiger partial charge >= 0.3 is 6.03 Å². The number of ether oxygens (including phenoxy) is 1. The van der Waals surface area contributed by atoms with Crippen LogP contribution in [-0.2, 0) is 0 Å². The van der Waals surface area contributed by atoms with Gasteiger partial charge in [0, 0.05) is 16.3 Å². The Kier molecular flexibility index (Phi) is 4.65. The summed E-state index contributed by atoms with van der Waals surface area (Å²) in [5.74, 6) is 0.0960. The van der Waals surface area contributed by atoms with Crippen LogP contribution in [0.3, 0.4) is 0 Å². The summed E-state index contributed by atoms with van der Waals surface area (Å²) in [6.07, 6.45) is 0. The molecule has 0 aliphatic heterocycles. The maximum absolute atomic E-state index is 13.4. The lowest BCUT2D eigenvalue weighted by atomic mass is 10.2. The largest absolute Gasteiger partial charge is 0.495 e.